The second-order valence-electron chi connectivity index (χ2n) is 2.47. The number of hydrogen-bond acceptors (Lipinski definition) is 1. The first-order valence-corrected chi connectivity index (χ1v) is 3.59. The van der Waals surface area contributed by atoms with Gasteiger partial charge >= 0.3 is 0 Å². The van der Waals surface area contributed by atoms with E-state index < -0.39 is 0 Å². The molecule has 0 saturated carbocycles. The van der Waals surface area contributed by atoms with Gasteiger partial charge in [0, 0.05) is 6.42 Å². The van der Waals surface area contributed by atoms with E-state index in [-0.39, 0.29) is 0 Å². The molecule has 0 aliphatic heterocycles. The number of hydrogen-bond donors (Lipinski definition) is 0. The summed E-state index contributed by atoms with van der Waals surface area (Å²) in [6.45, 7) is 0. The molecule has 9 heavy (non-hydrogen) atoms. The quantitative estimate of drug-likeness (QED) is 0.483. The Morgan fingerprint density at radius 3 is 3.00 bits per heavy atom. The van der Waals surface area contributed by atoms with Gasteiger partial charge in [-0.2, -0.15) is 0 Å². The van der Waals surface area contributed by atoms with Crippen molar-refractivity contribution in [2.24, 2.45) is 0 Å². The van der Waals surface area contributed by atoms with Crippen LogP contribution in [0.2, 0.25) is 0 Å². The average molecular weight is 124 g/mol. The molecule has 0 unspecified atom stereocenters. The number of rotatable bonds is 0. The molecule has 0 amide bonds. The van der Waals surface area contributed by atoms with Gasteiger partial charge in [0.25, 0.3) is 0 Å². The largest absolute Gasteiger partial charge is 0.295 e. The van der Waals surface area contributed by atoms with Crippen LogP contribution < -0.4 is 0 Å². The molecule has 0 heterocycles. The van der Waals surface area contributed by atoms with Crippen LogP contribution in [0.3, 0.4) is 0 Å². The molecule has 0 spiro atoms. The summed E-state index contributed by atoms with van der Waals surface area (Å²) in [5.41, 5.74) is 0. The van der Waals surface area contributed by atoms with Gasteiger partial charge in [-0.05, 0) is 25.3 Å². The molecular weight excluding hydrogens is 112 g/mol. The highest BCUT2D eigenvalue weighted by Crippen LogP contribution is 2.07. The Morgan fingerprint density at radius 1 is 1.22 bits per heavy atom. The van der Waals surface area contributed by atoms with Crippen molar-refractivity contribution < 1.29 is 4.79 Å². The van der Waals surface area contributed by atoms with E-state index in [0.29, 0.717) is 5.78 Å². The third-order valence-electron chi connectivity index (χ3n) is 1.60. The van der Waals surface area contributed by atoms with Crippen molar-refractivity contribution in [1.29, 1.82) is 0 Å². The third-order valence-corrected chi connectivity index (χ3v) is 1.60. The van der Waals surface area contributed by atoms with Crippen LogP contribution in [0.1, 0.15) is 32.1 Å². The number of allylic oxidation sites excluding steroid dienone is 2. The van der Waals surface area contributed by atoms with E-state index in [9.17, 15) is 4.79 Å². The van der Waals surface area contributed by atoms with Crippen LogP contribution in [-0.4, -0.2) is 5.78 Å². The van der Waals surface area contributed by atoms with E-state index in [1.807, 2.05) is 6.08 Å². The van der Waals surface area contributed by atoms with Gasteiger partial charge in [0.2, 0.25) is 0 Å². The Hall–Kier alpha value is -0.590. The zero-order chi connectivity index (χ0) is 6.53. The smallest absolute Gasteiger partial charge is 0.155 e. The summed E-state index contributed by atoms with van der Waals surface area (Å²) >= 11 is 0. The fraction of sp³-hybridized carbons (Fsp3) is 0.625. The highest BCUT2D eigenvalue weighted by molar-refractivity contribution is 5.89. The summed E-state index contributed by atoms with van der Waals surface area (Å²) in [6.07, 6.45) is 9.12. The molecule has 1 rings (SSSR count). The normalized spacial score (nSPS) is 21.1. The lowest BCUT2D eigenvalue weighted by molar-refractivity contribution is -0.114. The summed E-state index contributed by atoms with van der Waals surface area (Å²) in [6, 6.07) is 0. The number of ketones is 1. The van der Waals surface area contributed by atoms with Gasteiger partial charge in [0.05, 0.1) is 0 Å². The van der Waals surface area contributed by atoms with Crippen molar-refractivity contribution in [2.45, 2.75) is 32.1 Å². The van der Waals surface area contributed by atoms with Crippen LogP contribution >= 0.6 is 0 Å². The number of carbonyl (C=O) groups is 1. The SMILES string of the molecule is O=C1C=CCCCCC1. The molecule has 0 saturated heterocycles. The zero-order valence-electron chi connectivity index (χ0n) is 5.60. The molecule has 0 aromatic carbocycles. The first-order valence-electron chi connectivity index (χ1n) is 3.59. The molecule has 0 aromatic heterocycles. The van der Waals surface area contributed by atoms with E-state index in [4.69, 9.17) is 0 Å². The van der Waals surface area contributed by atoms with Gasteiger partial charge in [0.1, 0.15) is 0 Å². The summed E-state index contributed by atoms with van der Waals surface area (Å²) in [4.78, 5) is 10.7. The van der Waals surface area contributed by atoms with Crippen LogP contribution in [0.25, 0.3) is 0 Å². The average Bonchev–Trinajstić information content (AvgIpc) is 1.79. The molecule has 0 fully saturated rings. The summed E-state index contributed by atoms with van der Waals surface area (Å²) in [7, 11) is 0. The van der Waals surface area contributed by atoms with Crippen molar-refractivity contribution in [2.75, 3.05) is 0 Å². The van der Waals surface area contributed by atoms with E-state index in [1.165, 1.54) is 12.8 Å². The van der Waals surface area contributed by atoms with E-state index >= 15 is 0 Å². The van der Waals surface area contributed by atoms with Crippen molar-refractivity contribution in [3.05, 3.63) is 12.2 Å². The second-order valence-corrected chi connectivity index (χ2v) is 2.47. The van der Waals surface area contributed by atoms with Gasteiger partial charge < -0.3 is 0 Å². The summed E-state index contributed by atoms with van der Waals surface area (Å²) < 4.78 is 0. The van der Waals surface area contributed by atoms with Crippen molar-refractivity contribution in [1.82, 2.24) is 0 Å². The Labute approximate surface area is 55.8 Å². The minimum Gasteiger partial charge on any atom is -0.295 e. The molecule has 1 heteroatoms. The second kappa shape index (κ2) is 3.44. The molecule has 1 aliphatic rings. The van der Waals surface area contributed by atoms with Crippen LogP contribution in [0.15, 0.2) is 12.2 Å². The highest BCUT2D eigenvalue weighted by Gasteiger charge is 1.98. The Kier molecular flexibility index (Phi) is 2.49. The van der Waals surface area contributed by atoms with Crippen molar-refractivity contribution in [3.63, 3.8) is 0 Å². The van der Waals surface area contributed by atoms with Gasteiger partial charge in [0.15, 0.2) is 5.78 Å². The molecule has 0 radical (unpaired) electrons. The van der Waals surface area contributed by atoms with Gasteiger partial charge in [-0.25, -0.2) is 0 Å². The molecule has 0 atom stereocenters. The van der Waals surface area contributed by atoms with Gasteiger partial charge in [-0.3, -0.25) is 4.79 Å². The maximum atomic E-state index is 10.7. The first-order chi connectivity index (χ1) is 4.39. The van der Waals surface area contributed by atoms with E-state index in [2.05, 4.69) is 0 Å². The topological polar surface area (TPSA) is 17.1 Å². The van der Waals surface area contributed by atoms with E-state index in [1.54, 1.807) is 6.08 Å². The summed E-state index contributed by atoms with van der Waals surface area (Å²) in [5, 5.41) is 0. The molecule has 0 aromatic rings. The van der Waals surface area contributed by atoms with Crippen LogP contribution in [0, 0.1) is 0 Å². The molecule has 0 N–H and O–H groups in total. The van der Waals surface area contributed by atoms with Gasteiger partial charge in [-0.15, -0.1) is 0 Å². The van der Waals surface area contributed by atoms with Crippen molar-refractivity contribution >= 4 is 5.78 Å². The molecule has 0 bridgehead atoms. The van der Waals surface area contributed by atoms with Crippen molar-refractivity contribution in [3.8, 4) is 0 Å². The molecule has 50 valence electrons. The highest BCUT2D eigenvalue weighted by atomic mass is 16.1. The maximum absolute atomic E-state index is 10.7. The molecular formula is C8H12O. The summed E-state index contributed by atoms with van der Waals surface area (Å²) in [5.74, 6) is 0.301. The Balaban J connectivity index is 2.39. The van der Waals surface area contributed by atoms with Gasteiger partial charge in [-0.1, -0.05) is 12.5 Å². The van der Waals surface area contributed by atoms with Crippen LogP contribution in [0.4, 0.5) is 0 Å². The monoisotopic (exact) mass is 124 g/mol. The maximum Gasteiger partial charge on any atom is 0.155 e. The predicted molar refractivity (Wildman–Crippen MR) is 37.2 cm³/mol. The zero-order valence-corrected chi connectivity index (χ0v) is 5.60. The lowest BCUT2D eigenvalue weighted by Gasteiger charge is -1.99. The standard InChI is InChI=1S/C8H12O/c9-8-6-4-2-1-3-5-7-8/h4,6H,1-3,5,7H2. The minimum atomic E-state index is 0.301. The lowest BCUT2D eigenvalue weighted by atomic mass is 10.1. The fourth-order valence-electron chi connectivity index (χ4n) is 1.04. The third kappa shape index (κ3) is 2.45. The van der Waals surface area contributed by atoms with Crippen LogP contribution in [-0.2, 0) is 4.79 Å². The number of carbonyl (C=O) groups excluding carboxylic acids is 1. The first kappa shape index (κ1) is 6.53. The minimum absolute atomic E-state index is 0.301. The fourth-order valence-corrected chi connectivity index (χ4v) is 1.04. The Morgan fingerprint density at radius 2 is 2.11 bits per heavy atom. The molecule has 1 aliphatic carbocycles. The molecule has 1 nitrogen and oxygen atoms in total. The Bertz CT molecular complexity index is 125. The lowest BCUT2D eigenvalue weighted by Crippen LogP contribution is -1.94. The predicted octanol–water partition coefficient (Wildman–Crippen LogP) is 2.08. The van der Waals surface area contributed by atoms with Crippen LogP contribution in [0.5, 0.6) is 0 Å². The van der Waals surface area contributed by atoms with E-state index in [0.717, 1.165) is 19.3 Å².